The molecule has 158 valence electrons. The summed E-state index contributed by atoms with van der Waals surface area (Å²) in [5, 5.41) is 24.3. The number of primary amides is 2. The molecule has 0 spiro atoms. The summed E-state index contributed by atoms with van der Waals surface area (Å²) in [5.41, 5.74) is 15.3. The normalized spacial score (nSPS) is 14.7. The number of amides is 5. The van der Waals surface area contributed by atoms with E-state index in [-0.39, 0.29) is 0 Å². The van der Waals surface area contributed by atoms with Gasteiger partial charge in [0.2, 0.25) is 29.5 Å². The number of aliphatic hydroxyl groups is 1. The molecule has 0 saturated heterocycles. The van der Waals surface area contributed by atoms with Crippen LogP contribution in [0, 0.1) is 0 Å². The first kappa shape index (κ1) is 24.7. The van der Waals surface area contributed by atoms with Crippen molar-refractivity contribution in [2.45, 2.75) is 43.9 Å². The zero-order valence-corrected chi connectivity index (χ0v) is 15.0. The Kier molecular flexibility index (Phi) is 10.1. The number of hydrogen-bond donors (Lipinski definition) is 8. The second kappa shape index (κ2) is 11.5. The quantitative estimate of drug-likeness (QED) is 0.154. The first-order valence-corrected chi connectivity index (χ1v) is 7.96. The fourth-order valence-corrected chi connectivity index (χ4v) is 1.84. The van der Waals surface area contributed by atoms with Gasteiger partial charge in [0.05, 0.1) is 25.5 Å². The topological polar surface area (TPSA) is 257 Å². The molecule has 0 saturated carbocycles. The van der Waals surface area contributed by atoms with Gasteiger partial charge < -0.3 is 43.4 Å². The second-order valence-corrected chi connectivity index (χ2v) is 5.82. The third-order valence-electron chi connectivity index (χ3n) is 3.34. The zero-order valence-electron chi connectivity index (χ0n) is 15.0. The van der Waals surface area contributed by atoms with E-state index in [1.807, 2.05) is 5.32 Å². The number of nitrogens with two attached hydrogens (primary N) is 3. The molecule has 0 radical (unpaired) electrons. The Morgan fingerprint density at radius 2 is 1.29 bits per heavy atom. The van der Waals surface area contributed by atoms with E-state index in [0.717, 1.165) is 6.92 Å². The SMILES string of the molecule is CC(NC(=O)C(CC(N)=O)NC(=O)C(CO)NC(=O)C(N)CC(N)=O)C(=O)O. The molecule has 4 atom stereocenters. The summed E-state index contributed by atoms with van der Waals surface area (Å²) < 4.78 is 0. The van der Waals surface area contributed by atoms with Crippen molar-refractivity contribution in [3.05, 3.63) is 0 Å². The van der Waals surface area contributed by atoms with E-state index in [2.05, 4.69) is 10.6 Å². The highest BCUT2D eigenvalue weighted by atomic mass is 16.4. The Morgan fingerprint density at radius 1 is 0.821 bits per heavy atom. The van der Waals surface area contributed by atoms with E-state index in [9.17, 15) is 33.9 Å². The molecule has 0 aliphatic rings. The molecule has 14 nitrogen and oxygen atoms in total. The molecule has 28 heavy (non-hydrogen) atoms. The molecule has 0 heterocycles. The van der Waals surface area contributed by atoms with Crippen molar-refractivity contribution in [2.24, 2.45) is 17.2 Å². The summed E-state index contributed by atoms with van der Waals surface area (Å²) in [4.78, 5) is 68.8. The number of carboxylic acid groups (broad SMARTS) is 1. The maximum Gasteiger partial charge on any atom is 0.325 e. The first-order valence-electron chi connectivity index (χ1n) is 7.96. The van der Waals surface area contributed by atoms with E-state index < -0.39 is 79.1 Å². The first-order chi connectivity index (χ1) is 12.9. The largest absolute Gasteiger partial charge is 0.480 e. The smallest absolute Gasteiger partial charge is 0.325 e. The van der Waals surface area contributed by atoms with Crippen LogP contribution in [0.25, 0.3) is 0 Å². The van der Waals surface area contributed by atoms with Crippen LogP contribution in [-0.4, -0.2) is 76.5 Å². The Balaban J connectivity index is 5.12. The molecule has 11 N–H and O–H groups in total. The summed E-state index contributed by atoms with van der Waals surface area (Å²) in [5.74, 6) is -6.26. The number of aliphatic carboxylic acids is 1. The highest BCUT2D eigenvalue weighted by Crippen LogP contribution is 1.97. The minimum atomic E-state index is -1.58. The fraction of sp³-hybridized carbons (Fsp3) is 0.571. The predicted molar refractivity (Wildman–Crippen MR) is 91.8 cm³/mol. The molecule has 0 aromatic rings. The molecule has 0 aromatic carbocycles. The molecule has 4 unspecified atom stereocenters. The van der Waals surface area contributed by atoms with Crippen molar-refractivity contribution in [2.75, 3.05) is 6.61 Å². The van der Waals surface area contributed by atoms with Crippen LogP contribution in [-0.2, 0) is 28.8 Å². The van der Waals surface area contributed by atoms with Gasteiger partial charge in [0, 0.05) is 0 Å². The molecular weight excluding hydrogens is 380 g/mol. The zero-order chi connectivity index (χ0) is 22.0. The van der Waals surface area contributed by atoms with Crippen LogP contribution in [0.3, 0.4) is 0 Å². The van der Waals surface area contributed by atoms with Gasteiger partial charge in [-0.25, -0.2) is 0 Å². The summed E-state index contributed by atoms with van der Waals surface area (Å²) in [6, 6.07) is -5.83. The van der Waals surface area contributed by atoms with Crippen LogP contribution in [0.15, 0.2) is 0 Å². The van der Waals surface area contributed by atoms with Gasteiger partial charge in [-0.2, -0.15) is 0 Å². The Morgan fingerprint density at radius 3 is 1.71 bits per heavy atom. The van der Waals surface area contributed by atoms with Crippen LogP contribution < -0.4 is 33.2 Å². The van der Waals surface area contributed by atoms with Gasteiger partial charge in [0.15, 0.2) is 0 Å². The van der Waals surface area contributed by atoms with E-state index >= 15 is 0 Å². The molecule has 0 rings (SSSR count). The third-order valence-corrected chi connectivity index (χ3v) is 3.34. The van der Waals surface area contributed by atoms with E-state index in [4.69, 9.17) is 22.3 Å². The monoisotopic (exact) mass is 404 g/mol. The van der Waals surface area contributed by atoms with Crippen molar-refractivity contribution < 1.29 is 39.0 Å². The number of carbonyl (C=O) groups excluding carboxylic acids is 5. The lowest BCUT2D eigenvalue weighted by Gasteiger charge is -2.23. The van der Waals surface area contributed by atoms with Gasteiger partial charge in [0.1, 0.15) is 18.1 Å². The number of nitrogens with one attached hydrogen (secondary N) is 3. The molecule has 0 aliphatic heterocycles. The van der Waals surface area contributed by atoms with E-state index in [1.54, 1.807) is 0 Å². The molecule has 5 amide bonds. The van der Waals surface area contributed by atoms with Crippen molar-refractivity contribution in [3.63, 3.8) is 0 Å². The van der Waals surface area contributed by atoms with Gasteiger partial charge in [-0.05, 0) is 6.92 Å². The van der Waals surface area contributed by atoms with Gasteiger partial charge in [-0.3, -0.25) is 28.8 Å². The summed E-state index contributed by atoms with van der Waals surface area (Å²) in [6.07, 6.45) is -1.18. The van der Waals surface area contributed by atoms with Crippen LogP contribution in [0.1, 0.15) is 19.8 Å². The predicted octanol–water partition coefficient (Wildman–Crippen LogP) is -5.38. The molecule has 0 aromatic heterocycles. The van der Waals surface area contributed by atoms with Gasteiger partial charge in [-0.1, -0.05) is 0 Å². The van der Waals surface area contributed by atoms with Crippen LogP contribution in [0.5, 0.6) is 0 Å². The molecule has 0 bridgehead atoms. The van der Waals surface area contributed by atoms with E-state index in [0.29, 0.717) is 0 Å². The lowest BCUT2D eigenvalue weighted by atomic mass is 10.1. The number of carbonyl (C=O) groups is 6. The van der Waals surface area contributed by atoms with Gasteiger partial charge >= 0.3 is 5.97 Å². The third kappa shape index (κ3) is 8.91. The van der Waals surface area contributed by atoms with Gasteiger partial charge in [-0.15, -0.1) is 0 Å². The minimum Gasteiger partial charge on any atom is -0.480 e. The Labute approximate surface area is 159 Å². The highest BCUT2D eigenvalue weighted by Gasteiger charge is 2.30. The van der Waals surface area contributed by atoms with Crippen LogP contribution >= 0.6 is 0 Å². The van der Waals surface area contributed by atoms with Crippen molar-refractivity contribution in [3.8, 4) is 0 Å². The molecule has 0 aliphatic carbocycles. The number of aliphatic hydroxyl groups excluding tert-OH is 1. The average Bonchev–Trinajstić information content (AvgIpc) is 2.57. The number of rotatable bonds is 12. The van der Waals surface area contributed by atoms with Crippen LogP contribution in [0.2, 0.25) is 0 Å². The summed E-state index contributed by atoms with van der Waals surface area (Å²) in [7, 11) is 0. The maximum absolute atomic E-state index is 12.2. The van der Waals surface area contributed by atoms with Gasteiger partial charge in [0.25, 0.3) is 0 Å². The highest BCUT2D eigenvalue weighted by molar-refractivity contribution is 5.96. The van der Waals surface area contributed by atoms with E-state index in [1.165, 1.54) is 0 Å². The number of hydrogen-bond acceptors (Lipinski definition) is 8. The second-order valence-electron chi connectivity index (χ2n) is 5.82. The molecule has 0 fully saturated rings. The molecule has 14 heteroatoms. The van der Waals surface area contributed by atoms with Crippen molar-refractivity contribution in [1.29, 1.82) is 0 Å². The molecular formula is C14H24N6O8. The lowest BCUT2D eigenvalue weighted by molar-refractivity contribution is -0.142. The standard InChI is InChI=1S/C14H24N6O8/c1-5(14(27)28)18-12(25)7(3-10(17)23)19-13(26)8(4-21)20-11(24)6(15)2-9(16)22/h5-8,21H,2-4,15H2,1H3,(H2,16,22)(H2,17,23)(H,18,25)(H,19,26)(H,20,24)(H,27,28). The Hall–Kier alpha value is -3.26. The van der Waals surface area contributed by atoms with Crippen molar-refractivity contribution >= 4 is 35.5 Å². The number of carboxylic acids is 1. The summed E-state index contributed by atoms with van der Waals surface area (Å²) in [6.45, 7) is 0.248. The minimum absolute atomic E-state index is 0.509. The average molecular weight is 404 g/mol. The maximum atomic E-state index is 12.2. The fourth-order valence-electron chi connectivity index (χ4n) is 1.84. The van der Waals surface area contributed by atoms with Crippen LogP contribution in [0.4, 0.5) is 0 Å². The Bertz CT molecular complexity index is 639. The van der Waals surface area contributed by atoms with Crippen molar-refractivity contribution in [1.82, 2.24) is 16.0 Å². The lowest BCUT2D eigenvalue weighted by Crippen LogP contribution is -2.58. The summed E-state index contributed by atoms with van der Waals surface area (Å²) >= 11 is 0.